The Balaban J connectivity index is 0.000000160. The van der Waals surface area contributed by atoms with Crippen molar-refractivity contribution in [3.63, 3.8) is 0 Å². The second kappa shape index (κ2) is 6.19. The number of aromatic nitrogens is 2. The summed E-state index contributed by atoms with van der Waals surface area (Å²) in [5, 5.41) is 8.24. The zero-order valence-corrected chi connectivity index (χ0v) is 8.63. The maximum atomic E-state index is 10.0. The first-order valence-electron chi connectivity index (χ1n) is 4.64. The SMILES string of the molecule is C=Cc1ccccn1.O=C(O)c1ccc[nH]1. The number of H-pyrrole nitrogens is 1. The summed E-state index contributed by atoms with van der Waals surface area (Å²) in [6.07, 6.45) is 5.04. The lowest BCUT2D eigenvalue weighted by Crippen LogP contribution is -1.94. The first kappa shape index (κ1) is 11.7. The number of rotatable bonds is 2. The van der Waals surface area contributed by atoms with Crippen LogP contribution in [-0.2, 0) is 0 Å². The van der Waals surface area contributed by atoms with Gasteiger partial charge in [0, 0.05) is 12.4 Å². The van der Waals surface area contributed by atoms with Gasteiger partial charge in [0.05, 0.1) is 5.69 Å². The molecule has 2 N–H and O–H groups in total. The van der Waals surface area contributed by atoms with Crippen molar-refractivity contribution in [1.29, 1.82) is 0 Å². The third kappa shape index (κ3) is 3.79. The second-order valence-corrected chi connectivity index (χ2v) is 2.85. The zero-order valence-electron chi connectivity index (χ0n) is 8.63. The number of hydrogen-bond donors (Lipinski definition) is 2. The van der Waals surface area contributed by atoms with Crippen molar-refractivity contribution in [2.45, 2.75) is 0 Å². The fourth-order valence-corrected chi connectivity index (χ4v) is 0.960. The van der Waals surface area contributed by atoms with Crippen LogP contribution in [0.3, 0.4) is 0 Å². The van der Waals surface area contributed by atoms with Crippen molar-refractivity contribution in [1.82, 2.24) is 9.97 Å². The van der Waals surface area contributed by atoms with Crippen LogP contribution in [0.1, 0.15) is 16.2 Å². The fourth-order valence-electron chi connectivity index (χ4n) is 0.960. The molecule has 0 saturated heterocycles. The minimum atomic E-state index is -0.921. The molecular weight excluding hydrogens is 204 g/mol. The van der Waals surface area contributed by atoms with E-state index in [-0.39, 0.29) is 5.69 Å². The van der Waals surface area contributed by atoms with Crippen LogP contribution in [0.25, 0.3) is 6.08 Å². The molecule has 0 aliphatic carbocycles. The summed E-state index contributed by atoms with van der Waals surface area (Å²) >= 11 is 0. The first-order valence-corrected chi connectivity index (χ1v) is 4.64. The molecule has 2 rings (SSSR count). The van der Waals surface area contributed by atoms with Gasteiger partial charge in [-0.1, -0.05) is 12.6 Å². The fraction of sp³-hybridized carbons (Fsp3) is 0. The van der Waals surface area contributed by atoms with Gasteiger partial charge < -0.3 is 10.1 Å². The Labute approximate surface area is 93.3 Å². The molecule has 0 aromatic carbocycles. The van der Waals surface area contributed by atoms with E-state index in [2.05, 4.69) is 16.5 Å². The molecule has 0 radical (unpaired) electrons. The molecule has 0 aliphatic rings. The number of aromatic amines is 1. The van der Waals surface area contributed by atoms with Gasteiger partial charge in [-0.25, -0.2) is 4.79 Å². The van der Waals surface area contributed by atoms with E-state index in [1.54, 1.807) is 24.5 Å². The molecule has 0 fully saturated rings. The molecule has 0 spiro atoms. The van der Waals surface area contributed by atoms with Crippen molar-refractivity contribution < 1.29 is 9.90 Å². The Morgan fingerprint density at radius 2 is 2.19 bits per heavy atom. The van der Waals surface area contributed by atoms with E-state index >= 15 is 0 Å². The largest absolute Gasteiger partial charge is 0.477 e. The molecule has 0 atom stereocenters. The molecule has 0 aliphatic heterocycles. The number of nitrogens with zero attached hydrogens (tertiary/aromatic N) is 1. The number of carboxylic acid groups (broad SMARTS) is 1. The summed E-state index contributed by atoms with van der Waals surface area (Å²) in [6.45, 7) is 3.57. The zero-order chi connectivity index (χ0) is 11.8. The van der Waals surface area contributed by atoms with Crippen molar-refractivity contribution >= 4 is 12.0 Å². The second-order valence-electron chi connectivity index (χ2n) is 2.85. The smallest absolute Gasteiger partial charge is 0.352 e. The summed E-state index contributed by atoms with van der Waals surface area (Å²) in [6, 6.07) is 8.87. The number of hydrogen-bond acceptors (Lipinski definition) is 2. The van der Waals surface area contributed by atoms with Crippen molar-refractivity contribution in [3.05, 3.63) is 60.7 Å². The van der Waals surface area contributed by atoms with Gasteiger partial charge in [-0.15, -0.1) is 0 Å². The van der Waals surface area contributed by atoms with Gasteiger partial charge in [-0.2, -0.15) is 0 Å². The maximum absolute atomic E-state index is 10.0. The highest BCUT2D eigenvalue weighted by Crippen LogP contribution is 1.92. The maximum Gasteiger partial charge on any atom is 0.352 e. The molecule has 0 bridgehead atoms. The summed E-state index contributed by atoms with van der Waals surface area (Å²) < 4.78 is 0. The minimum absolute atomic E-state index is 0.227. The topological polar surface area (TPSA) is 66.0 Å². The monoisotopic (exact) mass is 216 g/mol. The normalized spacial score (nSPS) is 8.75. The van der Waals surface area contributed by atoms with Crippen LogP contribution < -0.4 is 0 Å². The number of carbonyl (C=O) groups is 1. The molecule has 82 valence electrons. The predicted octanol–water partition coefficient (Wildman–Crippen LogP) is 2.44. The lowest BCUT2D eigenvalue weighted by molar-refractivity contribution is 0.0691. The van der Waals surface area contributed by atoms with Gasteiger partial charge in [0.25, 0.3) is 0 Å². The molecule has 4 heteroatoms. The summed E-state index contributed by atoms with van der Waals surface area (Å²) in [5.74, 6) is -0.921. The van der Waals surface area contributed by atoms with Crippen LogP contribution >= 0.6 is 0 Å². The van der Waals surface area contributed by atoms with Crippen LogP contribution in [0.5, 0.6) is 0 Å². The lowest BCUT2D eigenvalue weighted by atomic mass is 10.4. The van der Waals surface area contributed by atoms with Crippen molar-refractivity contribution in [2.24, 2.45) is 0 Å². The number of aromatic carboxylic acids is 1. The third-order valence-electron chi connectivity index (χ3n) is 1.73. The van der Waals surface area contributed by atoms with E-state index < -0.39 is 5.97 Å². The number of carboxylic acids is 1. The van der Waals surface area contributed by atoms with Crippen LogP contribution in [0.2, 0.25) is 0 Å². The van der Waals surface area contributed by atoms with E-state index in [0.717, 1.165) is 5.69 Å². The lowest BCUT2D eigenvalue weighted by Gasteiger charge is -1.84. The summed E-state index contributed by atoms with van der Waals surface area (Å²) in [4.78, 5) is 16.5. The Morgan fingerprint density at radius 1 is 1.38 bits per heavy atom. The summed E-state index contributed by atoms with van der Waals surface area (Å²) in [5.41, 5.74) is 1.15. The molecule has 0 unspecified atom stereocenters. The molecule has 2 aromatic rings. The van der Waals surface area contributed by atoms with E-state index in [9.17, 15) is 4.79 Å². The van der Waals surface area contributed by atoms with Crippen LogP contribution in [0.4, 0.5) is 0 Å². The molecule has 4 nitrogen and oxygen atoms in total. The van der Waals surface area contributed by atoms with E-state index in [1.807, 2.05) is 18.2 Å². The highest BCUT2D eigenvalue weighted by Gasteiger charge is 1.98. The average molecular weight is 216 g/mol. The predicted molar refractivity (Wildman–Crippen MR) is 62.1 cm³/mol. The first-order chi connectivity index (χ1) is 7.74. The molecule has 0 saturated carbocycles. The van der Waals surface area contributed by atoms with Crippen LogP contribution in [0.15, 0.2) is 49.3 Å². The van der Waals surface area contributed by atoms with Crippen molar-refractivity contribution in [3.8, 4) is 0 Å². The average Bonchev–Trinajstić information content (AvgIpc) is 2.85. The summed E-state index contributed by atoms with van der Waals surface area (Å²) in [7, 11) is 0. The molecule has 0 amide bonds. The quantitative estimate of drug-likeness (QED) is 0.810. The highest BCUT2D eigenvalue weighted by atomic mass is 16.4. The van der Waals surface area contributed by atoms with Gasteiger partial charge in [-0.05, 0) is 30.3 Å². The Kier molecular flexibility index (Phi) is 4.53. The minimum Gasteiger partial charge on any atom is -0.477 e. The number of nitrogens with one attached hydrogen (secondary N) is 1. The van der Waals surface area contributed by atoms with Gasteiger partial charge in [0.1, 0.15) is 5.69 Å². The number of pyridine rings is 1. The Bertz CT molecular complexity index is 435. The molecule has 2 heterocycles. The van der Waals surface area contributed by atoms with Crippen molar-refractivity contribution in [2.75, 3.05) is 0 Å². The van der Waals surface area contributed by atoms with Gasteiger partial charge in [0.15, 0.2) is 0 Å². The van der Waals surface area contributed by atoms with Crippen LogP contribution in [-0.4, -0.2) is 21.0 Å². The standard InChI is InChI=1S/C7H7N.C5H5NO2/c1-2-7-5-3-4-6-8-7;7-5(8)4-2-1-3-6-4/h2-6H,1H2;1-3,6H,(H,7,8). The highest BCUT2D eigenvalue weighted by molar-refractivity contribution is 5.85. The Hall–Kier alpha value is -2.36. The molecular formula is C12H12N2O2. The molecule has 16 heavy (non-hydrogen) atoms. The van der Waals surface area contributed by atoms with Crippen LogP contribution in [0, 0.1) is 0 Å². The van der Waals surface area contributed by atoms with Gasteiger partial charge >= 0.3 is 5.97 Å². The van der Waals surface area contributed by atoms with E-state index in [1.165, 1.54) is 6.07 Å². The van der Waals surface area contributed by atoms with E-state index in [0.29, 0.717) is 0 Å². The Morgan fingerprint density at radius 3 is 2.50 bits per heavy atom. The van der Waals surface area contributed by atoms with Gasteiger partial charge in [0.2, 0.25) is 0 Å². The van der Waals surface area contributed by atoms with E-state index in [4.69, 9.17) is 5.11 Å². The third-order valence-corrected chi connectivity index (χ3v) is 1.73. The van der Waals surface area contributed by atoms with Gasteiger partial charge in [-0.3, -0.25) is 4.98 Å². The molecule has 2 aromatic heterocycles.